The lowest BCUT2D eigenvalue weighted by Crippen LogP contribution is -2.06. The highest BCUT2D eigenvalue weighted by molar-refractivity contribution is 5.88. The fourth-order valence-corrected chi connectivity index (χ4v) is 1.72. The van der Waals surface area contributed by atoms with E-state index < -0.39 is 5.97 Å². The Kier molecular flexibility index (Phi) is 4.49. The summed E-state index contributed by atoms with van der Waals surface area (Å²) in [6, 6.07) is 3.02. The summed E-state index contributed by atoms with van der Waals surface area (Å²) in [7, 11) is 0. The van der Waals surface area contributed by atoms with E-state index in [0.717, 1.165) is 25.9 Å². The van der Waals surface area contributed by atoms with Crippen molar-refractivity contribution in [2.24, 2.45) is 0 Å². The molecule has 0 fully saturated rings. The van der Waals surface area contributed by atoms with E-state index in [4.69, 9.17) is 5.11 Å². The van der Waals surface area contributed by atoms with Gasteiger partial charge in [0.1, 0.15) is 5.82 Å². The number of imidazole rings is 1. The number of hydrogen-bond acceptors (Lipinski definition) is 4. The number of aryl methyl sites for hydroxylation is 1. The molecule has 6 nitrogen and oxygen atoms in total. The quantitative estimate of drug-likeness (QED) is 0.743. The van der Waals surface area contributed by atoms with Gasteiger partial charge >= 0.3 is 5.97 Å². The molecule has 6 heteroatoms. The normalized spacial score (nSPS) is 10.3. The van der Waals surface area contributed by atoms with Crippen LogP contribution in [-0.2, 0) is 6.54 Å². The van der Waals surface area contributed by atoms with Crippen LogP contribution in [0.4, 0.5) is 5.82 Å². The first-order chi connectivity index (χ1) is 9.25. The standard InChI is InChI=1S/C13H16N4O2/c18-13(19)11-3-5-16-12(9-11)15-4-1-2-7-17-8-6-14-10-17/h3,5-6,8-10H,1-2,4,7H2,(H,15,16)(H,18,19). The van der Waals surface area contributed by atoms with Gasteiger partial charge in [-0.2, -0.15) is 0 Å². The summed E-state index contributed by atoms with van der Waals surface area (Å²) in [5.41, 5.74) is 0.246. The number of hydrogen-bond donors (Lipinski definition) is 2. The van der Waals surface area contributed by atoms with Crippen LogP contribution in [0, 0.1) is 0 Å². The van der Waals surface area contributed by atoms with Gasteiger partial charge in [-0.1, -0.05) is 0 Å². The first-order valence-corrected chi connectivity index (χ1v) is 6.14. The van der Waals surface area contributed by atoms with Crippen molar-refractivity contribution in [3.05, 3.63) is 42.6 Å². The van der Waals surface area contributed by atoms with E-state index in [-0.39, 0.29) is 5.56 Å². The van der Waals surface area contributed by atoms with E-state index >= 15 is 0 Å². The molecule has 19 heavy (non-hydrogen) atoms. The van der Waals surface area contributed by atoms with Crippen LogP contribution in [0.2, 0.25) is 0 Å². The van der Waals surface area contributed by atoms with Crippen molar-refractivity contribution < 1.29 is 9.90 Å². The minimum absolute atomic E-state index is 0.246. The monoisotopic (exact) mass is 260 g/mol. The predicted molar refractivity (Wildman–Crippen MR) is 71.1 cm³/mol. The molecule has 2 N–H and O–H groups in total. The van der Waals surface area contributed by atoms with Crippen LogP contribution in [0.25, 0.3) is 0 Å². The molecular weight excluding hydrogens is 244 g/mol. The molecule has 2 heterocycles. The van der Waals surface area contributed by atoms with E-state index in [2.05, 4.69) is 15.3 Å². The van der Waals surface area contributed by atoms with E-state index in [1.165, 1.54) is 18.3 Å². The van der Waals surface area contributed by atoms with Crippen molar-refractivity contribution in [2.45, 2.75) is 19.4 Å². The highest BCUT2D eigenvalue weighted by Gasteiger charge is 2.03. The third-order valence-electron chi connectivity index (χ3n) is 2.72. The summed E-state index contributed by atoms with van der Waals surface area (Å²) < 4.78 is 2.03. The number of unbranched alkanes of at least 4 members (excludes halogenated alkanes) is 1. The molecule has 0 aromatic carbocycles. The smallest absolute Gasteiger partial charge is 0.335 e. The molecule has 0 saturated carbocycles. The third kappa shape index (κ3) is 4.09. The highest BCUT2D eigenvalue weighted by atomic mass is 16.4. The minimum Gasteiger partial charge on any atom is -0.478 e. The van der Waals surface area contributed by atoms with Crippen molar-refractivity contribution in [1.82, 2.24) is 14.5 Å². The van der Waals surface area contributed by atoms with Gasteiger partial charge in [0, 0.05) is 31.7 Å². The van der Waals surface area contributed by atoms with Gasteiger partial charge in [-0.05, 0) is 25.0 Å². The number of carboxylic acid groups (broad SMARTS) is 1. The molecule has 100 valence electrons. The second-order valence-corrected chi connectivity index (χ2v) is 4.17. The summed E-state index contributed by atoms with van der Waals surface area (Å²) in [6.07, 6.45) is 9.01. The number of pyridine rings is 1. The van der Waals surface area contributed by atoms with Crippen molar-refractivity contribution >= 4 is 11.8 Å². The fourth-order valence-electron chi connectivity index (χ4n) is 1.72. The molecule has 0 atom stereocenters. The molecule has 0 aliphatic heterocycles. The maximum Gasteiger partial charge on any atom is 0.335 e. The number of aromatic carboxylic acids is 1. The number of carboxylic acids is 1. The summed E-state index contributed by atoms with van der Waals surface area (Å²) in [5.74, 6) is -0.340. The molecular formula is C13H16N4O2. The molecule has 0 bridgehead atoms. The Bertz CT molecular complexity index is 525. The Labute approximate surface area is 111 Å². The van der Waals surface area contributed by atoms with Gasteiger partial charge in [-0.25, -0.2) is 14.8 Å². The summed E-state index contributed by atoms with van der Waals surface area (Å²) in [5, 5.41) is 12.0. The number of carbonyl (C=O) groups is 1. The van der Waals surface area contributed by atoms with Gasteiger partial charge < -0.3 is 15.0 Å². The molecule has 0 amide bonds. The zero-order valence-corrected chi connectivity index (χ0v) is 10.5. The predicted octanol–water partition coefficient (Wildman–Crippen LogP) is 1.87. The number of nitrogens with one attached hydrogen (secondary N) is 1. The minimum atomic E-state index is -0.939. The summed E-state index contributed by atoms with van der Waals surface area (Å²) >= 11 is 0. The third-order valence-corrected chi connectivity index (χ3v) is 2.72. The molecule has 0 radical (unpaired) electrons. The first kappa shape index (κ1) is 13.1. The molecule has 2 aromatic rings. The van der Waals surface area contributed by atoms with Crippen molar-refractivity contribution in [2.75, 3.05) is 11.9 Å². The van der Waals surface area contributed by atoms with E-state index in [1.807, 2.05) is 10.8 Å². The Morgan fingerprint density at radius 1 is 1.37 bits per heavy atom. The second-order valence-electron chi connectivity index (χ2n) is 4.17. The number of anilines is 1. The van der Waals surface area contributed by atoms with Crippen molar-refractivity contribution in [3.8, 4) is 0 Å². The SMILES string of the molecule is O=C(O)c1ccnc(NCCCCn2ccnc2)c1. The lowest BCUT2D eigenvalue weighted by Gasteiger charge is -2.06. The Hall–Kier alpha value is -2.37. The van der Waals surface area contributed by atoms with Gasteiger partial charge in [0.15, 0.2) is 0 Å². The Morgan fingerprint density at radius 3 is 3.00 bits per heavy atom. The average Bonchev–Trinajstić information content (AvgIpc) is 2.92. The van der Waals surface area contributed by atoms with Crippen LogP contribution < -0.4 is 5.32 Å². The zero-order valence-electron chi connectivity index (χ0n) is 10.5. The molecule has 0 unspecified atom stereocenters. The van der Waals surface area contributed by atoms with Crippen molar-refractivity contribution in [3.63, 3.8) is 0 Å². The van der Waals surface area contributed by atoms with E-state index in [0.29, 0.717) is 5.82 Å². The van der Waals surface area contributed by atoms with Crippen LogP contribution in [0.5, 0.6) is 0 Å². The van der Waals surface area contributed by atoms with Crippen molar-refractivity contribution in [1.29, 1.82) is 0 Å². The van der Waals surface area contributed by atoms with Gasteiger partial charge in [0.25, 0.3) is 0 Å². The maximum atomic E-state index is 10.8. The molecule has 2 aromatic heterocycles. The number of rotatable bonds is 7. The fraction of sp³-hybridized carbons (Fsp3) is 0.308. The molecule has 0 saturated heterocycles. The largest absolute Gasteiger partial charge is 0.478 e. The molecule has 0 aliphatic carbocycles. The van der Waals surface area contributed by atoms with E-state index in [9.17, 15) is 4.79 Å². The number of aromatic nitrogens is 3. The molecule has 2 rings (SSSR count). The van der Waals surface area contributed by atoms with Gasteiger partial charge in [-0.3, -0.25) is 0 Å². The van der Waals surface area contributed by atoms with E-state index in [1.54, 1.807) is 12.5 Å². The molecule has 0 spiro atoms. The van der Waals surface area contributed by atoms with Gasteiger partial charge in [0.2, 0.25) is 0 Å². The first-order valence-electron chi connectivity index (χ1n) is 6.14. The second kappa shape index (κ2) is 6.53. The van der Waals surface area contributed by atoms with Crippen LogP contribution in [-0.4, -0.2) is 32.2 Å². The zero-order chi connectivity index (χ0) is 13.5. The summed E-state index contributed by atoms with van der Waals surface area (Å²) in [4.78, 5) is 18.9. The van der Waals surface area contributed by atoms with Crippen LogP contribution in [0.3, 0.4) is 0 Å². The summed E-state index contributed by atoms with van der Waals surface area (Å²) in [6.45, 7) is 1.70. The number of nitrogens with zero attached hydrogens (tertiary/aromatic N) is 3. The topological polar surface area (TPSA) is 80.0 Å². The lowest BCUT2D eigenvalue weighted by atomic mass is 10.2. The average molecular weight is 260 g/mol. The highest BCUT2D eigenvalue weighted by Crippen LogP contribution is 2.07. The molecule has 0 aliphatic rings. The van der Waals surface area contributed by atoms with Crippen LogP contribution in [0.15, 0.2) is 37.1 Å². The van der Waals surface area contributed by atoms with Gasteiger partial charge in [0.05, 0.1) is 11.9 Å². The Balaban J connectivity index is 1.70. The van der Waals surface area contributed by atoms with Crippen LogP contribution in [0.1, 0.15) is 23.2 Å². The lowest BCUT2D eigenvalue weighted by molar-refractivity contribution is 0.0697. The Morgan fingerprint density at radius 2 is 2.26 bits per heavy atom. The van der Waals surface area contributed by atoms with Gasteiger partial charge in [-0.15, -0.1) is 0 Å². The maximum absolute atomic E-state index is 10.8. The van der Waals surface area contributed by atoms with Crippen LogP contribution >= 0.6 is 0 Å².